The van der Waals surface area contributed by atoms with E-state index in [1.165, 1.54) is 0 Å². The van der Waals surface area contributed by atoms with Crippen molar-refractivity contribution in [1.82, 2.24) is 0 Å². The molecule has 0 unspecified atom stereocenters. The van der Waals surface area contributed by atoms with Crippen molar-refractivity contribution in [3.05, 3.63) is 0 Å². The zero-order chi connectivity index (χ0) is 31.7. The lowest BCUT2D eigenvalue weighted by Gasteiger charge is -2.47. The normalized spacial score (nSPS) is 53.1. The number of aliphatic hydroxyl groups is 13. The van der Waals surface area contributed by atoms with E-state index in [0.717, 1.165) is 0 Å². The van der Waals surface area contributed by atoms with Crippen molar-refractivity contribution < 1.29 is 99.5 Å². The van der Waals surface area contributed by atoms with Crippen molar-refractivity contribution in [2.45, 2.75) is 117 Å². The summed E-state index contributed by atoms with van der Waals surface area (Å²) in [6.07, 6.45) is -32.7. The molecule has 4 rings (SSSR count). The third kappa shape index (κ3) is 7.13. The molecule has 252 valence electrons. The van der Waals surface area contributed by atoms with Gasteiger partial charge in [0.25, 0.3) is 0 Å². The quantitative estimate of drug-likeness (QED) is 0.112. The Hall–Kier alpha value is -0.800. The first kappa shape index (κ1) is 35.1. The molecule has 0 amide bonds. The van der Waals surface area contributed by atoms with Crippen molar-refractivity contribution in [1.29, 1.82) is 0 Å². The van der Waals surface area contributed by atoms with Gasteiger partial charge in [-0.3, -0.25) is 0 Å². The van der Waals surface area contributed by atoms with Crippen LogP contribution >= 0.6 is 0 Å². The Morgan fingerprint density at radius 2 is 0.860 bits per heavy atom. The first-order valence-electron chi connectivity index (χ1n) is 13.5. The Morgan fingerprint density at radius 1 is 0.442 bits per heavy atom. The highest BCUT2D eigenvalue weighted by Crippen LogP contribution is 2.32. The van der Waals surface area contributed by atoms with Crippen molar-refractivity contribution >= 4 is 0 Å². The molecule has 4 aliphatic rings. The second kappa shape index (κ2) is 14.7. The Labute approximate surface area is 243 Å². The lowest BCUT2D eigenvalue weighted by Crippen LogP contribution is -2.66. The smallest absolute Gasteiger partial charge is 0.187 e. The predicted molar refractivity (Wildman–Crippen MR) is 128 cm³/mol. The summed E-state index contributed by atoms with van der Waals surface area (Å²) in [5.41, 5.74) is 0. The molecule has 0 saturated carbocycles. The zero-order valence-corrected chi connectivity index (χ0v) is 22.5. The fourth-order valence-corrected chi connectivity index (χ4v) is 5.20. The Kier molecular flexibility index (Phi) is 12.0. The summed E-state index contributed by atoms with van der Waals surface area (Å²) in [5, 5.41) is 132. The van der Waals surface area contributed by atoms with E-state index < -0.39 is 143 Å². The molecule has 0 aromatic heterocycles. The van der Waals surface area contributed by atoms with Crippen LogP contribution in [0.4, 0.5) is 0 Å². The molecule has 4 saturated heterocycles. The Bertz CT molecular complexity index is 867. The summed E-state index contributed by atoms with van der Waals surface area (Å²) in [6, 6.07) is 0. The van der Waals surface area contributed by atoms with Gasteiger partial charge in [-0.15, -0.1) is 0 Å². The van der Waals surface area contributed by atoms with Gasteiger partial charge >= 0.3 is 0 Å². The summed E-state index contributed by atoms with van der Waals surface area (Å²) in [7, 11) is 0. The molecule has 4 fully saturated rings. The third-order valence-corrected chi connectivity index (χ3v) is 7.84. The Balaban J connectivity index is 1.45. The number of hydrogen-bond donors (Lipinski definition) is 13. The molecule has 4 heterocycles. The summed E-state index contributed by atoms with van der Waals surface area (Å²) in [6.45, 7) is -2.93. The molecule has 0 bridgehead atoms. The minimum absolute atomic E-state index is 0.534. The molecule has 0 radical (unpaired) electrons. The first-order chi connectivity index (χ1) is 20.3. The monoisotopic (exact) mass is 636 g/mol. The molecule has 43 heavy (non-hydrogen) atoms. The largest absolute Gasteiger partial charge is 0.394 e. The van der Waals surface area contributed by atoms with Gasteiger partial charge in [0.2, 0.25) is 0 Å². The van der Waals surface area contributed by atoms with E-state index in [1.54, 1.807) is 0 Å². The Morgan fingerprint density at radius 3 is 1.33 bits per heavy atom. The fraction of sp³-hybridized carbons (Fsp3) is 1.00. The van der Waals surface area contributed by atoms with Crippen molar-refractivity contribution in [3.8, 4) is 0 Å². The molecular weight excluding hydrogens is 596 g/mol. The second-order valence-corrected chi connectivity index (χ2v) is 10.7. The fourth-order valence-electron chi connectivity index (χ4n) is 5.20. The topological polar surface area (TPSA) is 328 Å². The number of aliphatic hydroxyl groups excluding tert-OH is 13. The van der Waals surface area contributed by atoms with Crippen LogP contribution in [0.15, 0.2) is 0 Å². The van der Waals surface area contributed by atoms with Crippen LogP contribution in [0.25, 0.3) is 0 Å². The summed E-state index contributed by atoms with van der Waals surface area (Å²) in [5.74, 6) is 0. The highest BCUT2D eigenvalue weighted by Gasteiger charge is 2.53. The van der Waals surface area contributed by atoms with Gasteiger partial charge in [0, 0.05) is 0 Å². The van der Waals surface area contributed by atoms with Crippen LogP contribution in [0.1, 0.15) is 0 Å². The maximum absolute atomic E-state index is 11.0. The third-order valence-electron chi connectivity index (χ3n) is 7.84. The summed E-state index contributed by atoms with van der Waals surface area (Å²) in [4.78, 5) is 0. The highest BCUT2D eigenvalue weighted by atomic mass is 16.8. The standard InChI is InChI=1S/C23H40O20/c24-1-5-9(27)13(31)15(33)21(38-5)42-18-11(29)7(3-26)40-23(17(18)35)41-8-4-37-20(36)19(12(8)30)43-22-16(34)14(32)10(28)6(2-25)39-22/h5-36H,1-4H2/t5-,6-,7-,8+,9+,10-,11-,12-,13+,14-,15-,16+,17+,18+,19-,20-,21-,22-,23+/m1/s1. The summed E-state index contributed by atoms with van der Waals surface area (Å²) < 4.78 is 37.6. The van der Waals surface area contributed by atoms with Crippen LogP contribution in [0.5, 0.6) is 0 Å². The van der Waals surface area contributed by atoms with Crippen molar-refractivity contribution in [3.63, 3.8) is 0 Å². The first-order valence-corrected chi connectivity index (χ1v) is 13.5. The molecule has 13 N–H and O–H groups in total. The van der Waals surface area contributed by atoms with E-state index in [-0.39, 0.29) is 0 Å². The maximum Gasteiger partial charge on any atom is 0.187 e. The van der Waals surface area contributed by atoms with Gasteiger partial charge in [-0.05, 0) is 0 Å². The molecule has 0 spiro atoms. The minimum Gasteiger partial charge on any atom is -0.394 e. The van der Waals surface area contributed by atoms with E-state index in [4.69, 9.17) is 33.2 Å². The van der Waals surface area contributed by atoms with Crippen LogP contribution < -0.4 is 0 Å². The van der Waals surface area contributed by atoms with Gasteiger partial charge in [-0.1, -0.05) is 0 Å². The van der Waals surface area contributed by atoms with E-state index in [2.05, 4.69) is 0 Å². The van der Waals surface area contributed by atoms with E-state index in [1.807, 2.05) is 0 Å². The molecular formula is C23H40O20. The van der Waals surface area contributed by atoms with Gasteiger partial charge in [-0.25, -0.2) is 0 Å². The van der Waals surface area contributed by atoms with Crippen LogP contribution in [0, 0.1) is 0 Å². The lowest BCUT2D eigenvalue weighted by molar-refractivity contribution is -0.382. The van der Waals surface area contributed by atoms with Gasteiger partial charge < -0.3 is 99.5 Å². The number of ether oxygens (including phenoxy) is 7. The van der Waals surface area contributed by atoms with Gasteiger partial charge in [0.15, 0.2) is 25.2 Å². The van der Waals surface area contributed by atoms with Crippen LogP contribution in [0.2, 0.25) is 0 Å². The molecule has 0 aromatic rings. The van der Waals surface area contributed by atoms with E-state index in [9.17, 15) is 66.4 Å². The maximum atomic E-state index is 11.0. The predicted octanol–water partition coefficient (Wildman–Crippen LogP) is -9.11. The number of hydrogen-bond acceptors (Lipinski definition) is 20. The minimum atomic E-state index is -1.94. The number of rotatable bonds is 9. The van der Waals surface area contributed by atoms with Crippen molar-refractivity contribution in [2.75, 3.05) is 26.4 Å². The van der Waals surface area contributed by atoms with E-state index >= 15 is 0 Å². The molecule has 19 atom stereocenters. The van der Waals surface area contributed by atoms with E-state index in [0.29, 0.717) is 0 Å². The highest BCUT2D eigenvalue weighted by molar-refractivity contribution is 4.96. The molecule has 20 heteroatoms. The zero-order valence-electron chi connectivity index (χ0n) is 22.5. The molecule has 0 aliphatic carbocycles. The average molecular weight is 637 g/mol. The van der Waals surface area contributed by atoms with Gasteiger partial charge in [0.05, 0.1) is 26.4 Å². The SMILES string of the molecule is OC[C@H]1O[C@H](O[C@@H]2[C@H](O)[C@H](O[C@H]3CO[C@@H](O)[C@H](O[C@H]4O[C@H](CO)[C@@H](O)[C@@H](O)[C@@H]4O)[C@@H]3O)O[C@H](CO)[C@H]2O)[C@H](O)[C@@H](O)[C@H]1O. The van der Waals surface area contributed by atoms with Crippen LogP contribution in [0.3, 0.4) is 0 Å². The summed E-state index contributed by atoms with van der Waals surface area (Å²) >= 11 is 0. The van der Waals surface area contributed by atoms with Crippen LogP contribution in [-0.2, 0) is 33.2 Å². The molecule has 4 aliphatic heterocycles. The van der Waals surface area contributed by atoms with Gasteiger partial charge in [-0.2, -0.15) is 0 Å². The average Bonchev–Trinajstić information content (AvgIpc) is 2.99. The lowest BCUT2D eigenvalue weighted by atomic mass is 9.96. The molecule has 0 aromatic carbocycles. The van der Waals surface area contributed by atoms with Gasteiger partial charge in [0.1, 0.15) is 91.6 Å². The van der Waals surface area contributed by atoms with Crippen molar-refractivity contribution in [2.24, 2.45) is 0 Å². The van der Waals surface area contributed by atoms with Crippen LogP contribution in [-0.4, -0.2) is 210 Å². The molecule has 20 nitrogen and oxygen atoms in total. The second-order valence-electron chi connectivity index (χ2n) is 10.7.